The first-order valence-electron chi connectivity index (χ1n) is 12.5. The van der Waals surface area contributed by atoms with Crippen molar-refractivity contribution >= 4 is 17.6 Å². The van der Waals surface area contributed by atoms with Crippen LogP contribution in [-0.4, -0.2) is 36.3 Å². The number of carbonyl (C=O) groups excluding carboxylic acids is 2. The van der Waals surface area contributed by atoms with Gasteiger partial charge >= 0.3 is 11.9 Å². The molecule has 41 heavy (non-hydrogen) atoms. The summed E-state index contributed by atoms with van der Waals surface area (Å²) in [6.07, 6.45) is 0. The van der Waals surface area contributed by atoms with E-state index >= 15 is 0 Å². The lowest BCUT2D eigenvalue weighted by molar-refractivity contribution is -0.139. The SMILES string of the molecule is COC(=O)C1=C(C(=O)OC)N(c2ccc(-c3nc(-c4ccc(C)cc4)no3)cc2)C(N)=C(C#N)C1c1ccccc1. The minimum atomic E-state index is -0.947. The van der Waals surface area contributed by atoms with Crippen LogP contribution in [0.5, 0.6) is 0 Å². The van der Waals surface area contributed by atoms with Crippen LogP contribution in [0, 0.1) is 18.3 Å². The number of benzene rings is 3. The summed E-state index contributed by atoms with van der Waals surface area (Å²) in [6, 6.07) is 25.4. The fraction of sp³-hybridized carbons (Fsp3) is 0.129. The predicted octanol–water partition coefficient (Wildman–Crippen LogP) is 4.61. The van der Waals surface area contributed by atoms with E-state index in [-0.39, 0.29) is 28.6 Å². The fourth-order valence-electron chi connectivity index (χ4n) is 4.70. The largest absolute Gasteiger partial charge is 0.466 e. The second kappa shape index (κ2) is 11.2. The van der Waals surface area contributed by atoms with Crippen molar-refractivity contribution in [3.63, 3.8) is 0 Å². The first-order valence-corrected chi connectivity index (χ1v) is 12.5. The van der Waals surface area contributed by atoms with Crippen LogP contribution in [-0.2, 0) is 19.1 Å². The molecule has 0 aliphatic carbocycles. The van der Waals surface area contributed by atoms with Gasteiger partial charge in [0, 0.05) is 16.8 Å². The topological polar surface area (TPSA) is 145 Å². The molecule has 10 nitrogen and oxygen atoms in total. The molecule has 4 aromatic rings. The van der Waals surface area contributed by atoms with Crippen molar-refractivity contribution in [2.45, 2.75) is 12.8 Å². The number of anilines is 1. The van der Waals surface area contributed by atoms with Crippen molar-refractivity contribution in [2.24, 2.45) is 5.73 Å². The standard InChI is InChI=1S/C31H25N5O5/c1-18-9-11-20(12-10-18)28-34-29(41-35-28)21-13-15-22(16-14-21)36-26(31(38)40-3)25(30(37)39-2)24(23(17-32)27(36)33)19-7-5-4-6-8-19/h4-16,24H,33H2,1-3H3. The van der Waals surface area contributed by atoms with Crippen molar-refractivity contribution in [3.05, 3.63) is 113 Å². The van der Waals surface area contributed by atoms with E-state index in [2.05, 4.69) is 16.2 Å². The van der Waals surface area contributed by atoms with Gasteiger partial charge in [-0.1, -0.05) is 65.3 Å². The zero-order chi connectivity index (χ0) is 29.1. The number of rotatable bonds is 6. The maximum absolute atomic E-state index is 13.2. The molecule has 204 valence electrons. The molecule has 0 radical (unpaired) electrons. The number of hydrogen-bond acceptors (Lipinski definition) is 10. The summed E-state index contributed by atoms with van der Waals surface area (Å²) in [5.74, 6) is -1.87. The Labute approximate surface area is 235 Å². The molecule has 5 rings (SSSR count). The fourth-order valence-corrected chi connectivity index (χ4v) is 4.70. The van der Waals surface area contributed by atoms with Crippen molar-refractivity contribution in [2.75, 3.05) is 19.1 Å². The summed E-state index contributed by atoms with van der Waals surface area (Å²) >= 11 is 0. The van der Waals surface area contributed by atoms with Crippen molar-refractivity contribution < 1.29 is 23.6 Å². The number of hydrogen-bond donors (Lipinski definition) is 1. The number of carbonyl (C=O) groups is 2. The molecule has 0 amide bonds. The third-order valence-corrected chi connectivity index (χ3v) is 6.72. The minimum absolute atomic E-state index is 0.0263. The highest BCUT2D eigenvalue weighted by Crippen LogP contribution is 2.43. The number of nitriles is 1. The van der Waals surface area contributed by atoms with Crippen LogP contribution in [0.3, 0.4) is 0 Å². The molecule has 1 unspecified atom stereocenters. The molecule has 10 heteroatoms. The number of nitrogens with zero attached hydrogens (tertiary/aromatic N) is 4. The van der Waals surface area contributed by atoms with E-state index in [1.165, 1.54) is 19.1 Å². The van der Waals surface area contributed by atoms with Crippen LogP contribution < -0.4 is 10.6 Å². The van der Waals surface area contributed by atoms with Crippen molar-refractivity contribution in [1.29, 1.82) is 5.26 Å². The lowest BCUT2D eigenvalue weighted by atomic mass is 9.81. The number of aryl methyl sites for hydroxylation is 1. The zero-order valence-electron chi connectivity index (χ0n) is 22.5. The molecule has 1 aliphatic rings. The Morgan fingerprint density at radius 3 is 2.17 bits per heavy atom. The van der Waals surface area contributed by atoms with Gasteiger partial charge in [-0.05, 0) is 36.8 Å². The predicted molar refractivity (Wildman–Crippen MR) is 149 cm³/mol. The Morgan fingerprint density at radius 1 is 0.927 bits per heavy atom. The van der Waals surface area contributed by atoms with Crippen LogP contribution in [0.4, 0.5) is 5.69 Å². The highest BCUT2D eigenvalue weighted by atomic mass is 16.5. The van der Waals surface area contributed by atoms with Crippen molar-refractivity contribution in [1.82, 2.24) is 10.1 Å². The Morgan fingerprint density at radius 2 is 1.56 bits per heavy atom. The Kier molecular flexibility index (Phi) is 7.35. The van der Waals surface area contributed by atoms with Gasteiger partial charge in [-0.25, -0.2) is 9.59 Å². The highest BCUT2D eigenvalue weighted by molar-refractivity contribution is 6.06. The third kappa shape index (κ3) is 4.92. The molecule has 1 aromatic heterocycles. The van der Waals surface area contributed by atoms with Crippen LogP contribution in [0.1, 0.15) is 17.0 Å². The van der Waals surface area contributed by atoms with Crippen LogP contribution in [0.25, 0.3) is 22.8 Å². The number of methoxy groups -OCH3 is 2. The lowest BCUT2D eigenvalue weighted by Crippen LogP contribution is -2.40. The first-order chi connectivity index (χ1) is 19.9. The average molecular weight is 548 g/mol. The van der Waals surface area contributed by atoms with Gasteiger partial charge in [-0.15, -0.1) is 0 Å². The third-order valence-electron chi connectivity index (χ3n) is 6.72. The molecule has 1 atom stereocenters. The van der Waals surface area contributed by atoms with E-state index in [1.54, 1.807) is 54.6 Å². The molecule has 2 N–H and O–H groups in total. The molecule has 3 aromatic carbocycles. The molecule has 0 bridgehead atoms. The molecule has 0 fully saturated rings. The smallest absolute Gasteiger partial charge is 0.355 e. The zero-order valence-corrected chi connectivity index (χ0v) is 22.5. The second-order valence-corrected chi connectivity index (χ2v) is 9.17. The van der Waals surface area contributed by atoms with Gasteiger partial charge < -0.3 is 19.7 Å². The molecule has 2 heterocycles. The average Bonchev–Trinajstić information content (AvgIpc) is 3.51. The van der Waals surface area contributed by atoms with E-state index in [4.69, 9.17) is 19.7 Å². The van der Waals surface area contributed by atoms with E-state index in [9.17, 15) is 14.9 Å². The maximum Gasteiger partial charge on any atom is 0.355 e. The van der Waals surface area contributed by atoms with Gasteiger partial charge in [0.15, 0.2) is 0 Å². The van der Waals surface area contributed by atoms with Gasteiger partial charge in [-0.2, -0.15) is 10.2 Å². The summed E-state index contributed by atoms with van der Waals surface area (Å²) in [7, 11) is 2.40. The Bertz CT molecular complexity index is 1720. The molecular weight excluding hydrogens is 522 g/mol. The minimum Gasteiger partial charge on any atom is -0.466 e. The summed E-state index contributed by atoms with van der Waals surface area (Å²) in [4.78, 5) is 32.2. The van der Waals surface area contributed by atoms with E-state index in [0.717, 1.165) is 11.1 Å². The first kappa shape index (κ1) is 26.9. The molecule has 0 spiro atoms. The van der Waals surface area contributed by atoms with Gasteiger partial charge in [-0.3, -0.25) is 4.90 Å². The van der Waals surface area contributed by atoms with E-state index in [1.807, 2.05) is 31.2 Å². The van der Waals surface area contributed by atoms with E-state index in [0.29, 0.717) is 22.6 Å². The second-order valence-electron chi connectivity index (χ2n) is 9.17. The van der Waals surface area contributed by atoms with Crippen molar-refractivity contribution in [3.8, 4) is 28.9 Å². The van der Waals surface area contributed by atoms with Crippen LogP contribution in [0.15, 0.2) is 106 Å². The lowest BCUT2D eigenvalue weighted by Gasteiger charge is -2.35. The highest BCUT2D eigenvalue weighted by Gasteiger charge is 2.43. The normalized spacial score (nSPS) is 15.0. The number of nitrogens with two attached hydrogens (primary N) is 1. The van der Waals surface area contributed by atoms with Crippen LogP contribution >= 0.6 is 0 Å². The van der Waals surface area contributed by atoms with E-state index < -0.39 is 17.9 Å². The Hall–Kier alpha value is -5.69. The summed E-state index contributed by atoms with van der Waals surface area (Å²) in [6.45, 7) is 1.99. The maximum atomic E-state index is 13.2. The van der Waals surface area contributed by atoms with Gasteiger partial charge in [0.1, 0.15) is 11.5 Å². The molecular formula is C31H25N5O5. The molecule has 0 saturated heterocycles. The number of ether oxygens (including phenoxy) is 2. The van der Waals surface area contributed by atoms with Crippen LogP contribution in [0.2, 0.25) is 0 Å². The van der Waals surface area contributed by atoms with Gasteiger partial charge in [0.2, 0.25) is 5.82 Å². The number of esters is 2. The monoisotopic (exact) mass is 547 g/mol. The summed E-state index contributed by atoms with van der Waals surface area (Å²) in [5.41, 5.74) is 9.93. The Balaban J connectivity index is 1.61. The quantitative estimate of drug-likeness (QED) is 0.340. The summed E-state index contributed by atoms with van der Waals surface area (Å²) < 4.78 is 15.6. The number of aromatic nitrogens is 2. The molecule has 0 saturated carbocycles. The molecule has 1 aliphatic heterocycles. The van der Waals surface area contributed by atoms with Gasteiger partial charge in [0.05, 0.1) is 37.4 Å². The number of allylic oxidation sites excluding steroid dienone is 1. The summed E-state index contributed by atoms with van der Waals surface area (Å²) in [5, 5.41) is 14.3. The van der Waals surface area contributed by atoms with Gasteiger partial charge in [0.25, 0.3) is 5.89 Å².